The van der Waals surface area contributed by atoms with Crippen LogP contribution >= 0.6 is 12.4 Å². The Morgan fingerprint density at radius 2 is 2.42 bits per heavy atom. The van der Waals surface area contributed by atoms with Gasteiger partial charge in [-0.25, -0.2) is 4.79 Å². The van der Waals surface area contributed by atoms with Crippen molar-refractivity contribution in [2.24, 2.45) is 0 Å². The highest BCUT2D eigenvalue weighted by molar-refractivity contribution is 5.86. The molecule has 0 spiro atoms. The second-order valence-electron chi connectivity index (χ2n) is 4.52. The number of hydrogen-bond donors (Lipinski definition) is 1. The van der Waals surface area contributed by atoms with Gasteiger partial charge in [0.25, 0.3) is 0 Å². The van der Waals surface area contributed by atoms with Crippen molar-refractivity contribution in [1.29, 1.82) is 0 Å². The molecule has 0 amide bonds. The highest BCUT2D eigenvalue weighted by Crippen LogP contribution is 2.10. The molecule has 1 unspecified atom stereocenters. The number of rotatable bonds is 5. The smallest absolute Gasteiger partial charge is 0.360 e. The van der Waals surface area contributed by atoms with Crippen LogP contribution in [0.25, 0.3) is 0 Å². The van der Waals surface area contributed by atoms with Crippen LogP contribution in [0.4, 0.5) is 0 Å². The first kappa shape index (κ1) is 15.9. The predicted molar refractivity (Wildman–Crippen MR) is 73.5 cm³/mol. The fraction of sp³-hybridized carbons (Fsp3) is 0.750. The van der Waals surface area contributed by atoms with E-state index in [-0.39, 0.29) is 18.1 Å². The third kappa shape index (κ3) is 4.80. The van der Waals surface area contributed by atoms with Crippen molar-refractivity contribution >= 4 is 18.4 Å². The van der Waals surface area contributed by atoms with Gasteiger partial charge in [0.05, 0.1) is 12.8 Å². The highest BCUT2D eigenvalue weighted by Gasteiger charge is 2.14. The zero-order valence-electron chi connectivity index (χ0n) is 11.2. The summed E-state index contributed by atoms with van der Waals surface area (Å²) in [7, 11) is 0. The van der Waals surface area contributed by atoms with Gasteiger partial charge in [-0.05, 0) is 32.7 Å². The summed E-state index contributed by atoms with van der Waals surface area (Å²) in [5, 5.41) is 11.2. The van der Waals surface area contributed by atoms with Gasteiger partial charge in [0.2, 0.25) is 0 Å². The van der Waals surface area contributed by atoms with E-state index < -0.39 is 5.97 Å². The fourth-order valence-corrected chi connectivity index (χ4v) is 2.16. The molecule has 0 aromatic carbocycles. The van der Waals surface area contributed by atoms with E-state index in [1.54, 1.807) is 17.8 Å². The number of carbonyl (C=O) groups is 1. The number of aromatic nitrogens is 3. The summed E-state index contributed by atoms with van der Waals surface area (Å²) < 4.78 is 6.58. The van der Waals surface area contributed by atoms with Gasteiger partial charge >= 0.3 is 5.97 Å². The second-order valence-corrected chi connectivity index (χ2v) is 4.52. The van der Waals surface area contributed by atoms with Crippen molar-refractivity contribution in [2.45, 2.75) is 45.2 Å². The minimum absolute atomic E-state index is 0. The minimum atomic E-state index is -0.403. The summed E-state index contributed by atoms with van der Waals surface area (Å²) in [4.78, 5) is 11.4. The van der Waals surface area contributed by atoms with Crippen molar-refractivity contribution in [3.05, 3.63) is 11.9 Å². The lowest BCUT2D eigenvalue weighted by Gasteiger charge is -2.23. The second kappa shape index (κ2) is 8.12. The third-order valence-corrected chi connectivity index (χ3v) is 3.14. The number of ether oxygens (including phenoxy) is 1. The van der Waals surface area contributed by atoms with Crippen LogP contribution in [0.1, 0.15) is 43.1 Å². The zero-order valence-corrected chi connectivity index (χ0v) is 12.0. The van der Waals surface area contributed by atoms with Gasteiger partial charge in [-0.1, -0.05) is 11.6 Å². The predicted octanol–water partition coefficient (Wildman–Crippen LogP) is 1.41. The number of piperidine rings is 1. The van der Waals surface area contributed by atoms with E-state index in [9.17, 15) is 4.79 Å². The van der Waals surface area contributed by atoms with Crippen LogP contribution in [-0.2, 0) is 11.3 Å². The van der Waals surface area contributed by atoms with Crippen LogP contribution < -0.4 is 5.32 Å². The first-order valence-corrected chi connectivity index (χ1v) is 6.60. The molecule has 0 saturated carbocycles. The Labute approximate surface area is 119 Å². The molecule has 1 fully saturated rings. The van der Waals surface area contributed by atoms with E-state index in [2.05, 4.69) is 15.6 Å². The summed E-state index contributed by atoms with van der Waals surface area (Å²) in [5.74, 6) is -0.403. The first-order chi connectivity index (χ1) is 8.79. The fourth-order valence-electron chi connectivity index (χ4n) is 2.16. The Morgan fingerprint density at radius 3 is 3.11 bits per heavy atom. The van der Waals surface area contributed by atoms with E-state index >= 15 is 0 Å². The molecule has 1 atom stereocenters. The van der Waals surface area contributed by atoms with E-state index in [1.165, 1.54) is 19.3 Å². The maximum atomic E-state index is 11.4. The monoisotopic (exact) mass is 288 g/mol. The molecule has 1 aliphatic heterocycles. The molecular weight excluding hydrogens is 268 g/mol. The first-order valence-electron chi connectivity index (χ1n) is 6.60. The van der Waals surface area contributed by atoms with Crippen LogP contribution in [0.2, 0.25) is 0 Å². The molecule has 6 nitrogen and oxygen atoms in total. The van der Waals surface area contributed by atoms with Gasteiger partial charge in [-0.2, -0.15) is 0 Å². The lowest BCUT2D eigenvalue weighted by Crippen LogP contribution is -2.34. The van der Waals surface area contributed by atoms with Crippen molar-refractivity contribution in [3.63, 3.8) is 0 Å². The van der Waals surface area contributed by atoms with Gasteiger partial charge < -0.3 is 10.1 Å². The lowest BCUT2D eigenvalue weighted by molar-refractivity contribution is 0.0519. The number of esters is 1. The summed E-state index contributed by atoms with van der Waals surface area (Å²) in [6.45, 7) is 4.02. The molecule has 0 bridgehead atoms. The van der Waals surface area contributed by atoms with Gasteiger partial charge in [0.1, 0.15) is 0 Å². The van der Waals surface area contributed by atoms with Gasteiger partial charge in [0, 0.05) is 12.6 Å². The SMILES string of the molecule is CCOC(=O)c1cn(CCC2CCCCN2)nn1.Cl. The molecule has 1 aliphatic rings. The lowest BCUT2D eigenvalue weighted by atomic mass is 10.0. The van der Waals surface area contributed by atoms with Gasteiger partial charge in [-0.15, -0.1) is 17.5 Å². The van der Waals surface area contributed by atoms with Gasteiger partial charge in [-0.3, -0.25) is 4.68 Å². The quantitative estimate of drug-likeness (QED) is 0.830. The maximum Gasteiger partial charge on any atom is 0.360 e. The minimum Gasteiger partial charge on any atom is -0.461 e. The number of nitrogens with zero attached hydrogens (tertiary/aromatic N) is 3. The molecule has 2 rings (SSSR count). The van der Waals surface area contributed by atoms with Crippen molar-refractivity contribution in [2.75, 3.05) is 13.2 Å². The van der Waals surface area contributed by atoms with Crippen molar-refractivity contribution in [3.8, 4) is 0 Å². The van der Waals surface area contributed by atoms with E-state index in [4.69, 9.17) is 4.74 Å². The van der Waals surface area contributed by atoms with Crippen molar-refractivity contribution < 1.29 is 9.53 Å². The molecule has 2 heterocycles. The Hall–Kier alpha value is -1.14. The largest absolute Gasteiger partial charge is 0.461 e. The summed E-state index contributed by atoms with van der Waals surface area (Å²) in [6, 6.07) is 0.564. The van der Waals surface area contributed by atoms with Crippen molar-refractivity contribution in [1.82, 2.24) is 20.3 Å². The number of carbonyl (C=O) groups excluding carboxylic acids is 1. The molecule has 1 N–H and O–H groups in total. The standard InChI is InChI=1S/C12H20N4O2.ClH/c1-2-18-12(17)11-9-16(15-14-11)8-6-10-5-3-4-7-13-10;/h9-10,13H,2-8H2,1H3;1H. The number of nitrogens with one attached hydrogen (secondary N) is 1. The van der Waals surface area contributed by atoms with E-state index in [1.807, 2.05) is 0 Å². The molecule has 1 saturated heterocycles. The molecule has 0 radical (unpaired) electrons. The normalized spacial score (nSPS) is 18.7. The average molecular weight is 289 g/mol. The Morgan fingerprint density at radius 1 is 1.58 bits per heavy atom. The number of hydrogen-bond acceptors (Lipinski definition) is 5. The third-order valence-electron chi connectivity index (χ3n) is 3.14. The summed E-state index contributed by atoms with van der Waals surface area (Å²) in [5.41, 5.74) is 0.286. The van der Waals surface area contributed by atoms with Crippen LogP contribution in [0.15, 0.2) is 6.20 Å². The Bertz CT molecular complexity index is 391. The molecule has 1 aromatic rings. The molecular formula is C12H21ClN4O2. The average Bonchev–Trinajstić information content (AvgIpc) is 2.87. The maximum absolute atomic E-state index is 11.4. The highest BCUT2D eigenvalue weighted by atomic mass is 35.5. The van der Waals surface area contributed by atoms with Crippen LogP contribution in [-0.4, -0.2) is 40.2 Å². The van der Waals surface area contributed by atoms with Crippen LogP contribution in [0, 0.1) is 0 Å². The molecule has 19 heavy (non-hydrogen) atoms. The molecule has 108 valence electrons. The van der Waals surface area contributed by atoms with E-state index in [0.29, 0.717) is 12.6 Å². The van der Waals surface area contributed by atoms with Gasteiger partial charge in [0.15, 0.2) is 5.69 Å². The summed E-state index contributed by atoms with van der Waals surface area (Å²) in [6.07, 6.45) is 6.46. The Kier molecular flexibility index (Phi) is 6.80. The number of aryl methyl sites for hydroxylation is 1. The molecule has 0 aliphatic carbocycles. The summed E-state index contributed by atoms with van der Waals surface area (Å²) >= 11 is 0. The zero-order chi connectivity index (χ0) is 12.8. The molecule has 1 aromatic heterocycles. The topological polar surface area (TPSA) is 69.0 Å². The van der Waals surface area contributed by atoms with Crippen LogP contribution in [0.5, 0.6) is 0 Å². The van der Waals surface area contributed by atoms with E-state index in [0.717, 1.165) is 19.5 Å². The molecule has 7 heteroatoms. The van der Waals surface area contributed by atoms with Crippen LogP contribution in [0.3, 0.4) is 0 Å². The number of halogens is 1. The Balaban J connectivity index is 0.00000180.